The molecule has 0 radical (unpaired) electrons. The van der Waals surface area contributed by atoms with Crippen LogP contribution in [0.4, 0.5) is 0 Å². The van der Waals surface area contributed by atoms with Gasteiger partial charge in [0.15, 0.2) is 0 Å². The zero-order chi connectivity index (χ0) is 13.5. The van der Waals surface area contributed by atoms with Gasteiger partial charge < -0.3 is 15.3 Å². The molecule has 1 rings (SSSR count). The molecule has 2 unspecified atom stereocenters. The van der Waals surface area contributed by atoms with Crippen molar-refractivity contribution in [3.8, 4) is 0 Å². The first-order chi connectivity index (χ1) is 8.54. The van der Waals surface area contributed by atoms with Gasteiger partial charge in [0.2, 0.25) is 0 Å². The molecule has 4 nitrogen and oxygen atoms in total. The molecule has 1 aliphatic rings. The lowest BCUT2D eigenvalue weighted by Gasteiger charge is -2.38. The van der Waals surface area contributed by atoms with Crippen molar-refractivity contribution in [3.05, 3.63) is 0 Å². The number of piperidine rings is 1. The minimum absolute atomic E-state index is 0.396. The van der Waals surface area contributed by atoms with E-state index >= 15 is 0 Å². The van der Waals surface area contributed by atoms with Gasteiger partial charge >= 0.3 is 5.97 Å². The van der Waals surface area contributed by atoms with E-state index in [0.717, 1.165) is 25.9 Å². The maximum Gasteiger partial charge on any atom is 0.320 e. The minimum Gasteiger partial charge on any atom is -0.480 e. The van der Waals surface area contributed by atoms with Gasteiger partial charge in [-0.15, -0.1) is 0 Å². The average molecular weight is 256 g/mol. The Balaban J connectivity index is 2.56. The summed E-state index contributed by atoms with van der Waals surface area (Å²) in [6, 6.07) is 0.0362. The van der Waals surface area contributed by atoms with Crippen LogP contribution < -0.4 is 5.32 Å². The van der Waals surface area contributed by atoms with Gasteiger partial charge in [0, 0.05) is 12.6 Å². The highest BCUT2D eigenvalue weighted by molar-refractivity contribution is 5.73. The summed E-state index contributed by atoms with van der Waals surface area (Å²) in [5.41, 5.74) is 0. The SMILES string of the molecule is CCNC(CC1CCCCN1CC(C)C)C(=O)O. The van der Waals surface area contributed by atoms with E-state index < -0.39 is 12.0 Å². The molecule has 1 aliphatic heterocycles. The zero-order valence-electron chi connectivity index (χ0n) is 12.0. The van der Waals surface area contributed by atoms with E-state index in [1.165, 1.54) is 12.8 Å². The molecule has 1 heterocycles. The second kappa shape index (κ2) is 7.74. The lowest BCUT2D eigenvalue weighted by molar-refractivity contribution is -0.140. The maximum absolute atomic E-state index is 11.2. The fraction of sp³-hybridized carbons (Fsp3) is 0.929. The van der Waals surface area contributed by atoms with Gasteiger partial charge in [-0.3, -0.25) is 4.79 Å². The Morgan fingerprint density at radius 1 is 1.44 bits per heavy atom. The summed E-state index contributed by atoms with van der Waals surface area (Å²) >= 11 is 0. The number of likely N-dealkylation sites (tertiary alicyclic amines) is 1. The monoisotopic (exact) mass is 256 g/mol. The topological polar surface area (TPSA) is 52.6 Å². The molecule has 0 bridgehead atoms. The average Bonchev–Trinajstić information content (AvgIpc) is 2.30. The molecule has 0 spiro atoms. The summed E-state index contributed by atoms with van der Waals surface area (Å²) in [5, 5.41) is 12.3. The number of carboxylic acids is 1. The lowest BCUT2D eigenvalue weighted by Crippen LogP contribution is -2.47. The Labute approximate surface area is 111 Å². The van der Waals surface area contributed by atoms with Crippen LogP contribution in [-0.4, -0.2) is 47.7 Å². The summed E-state index contributed by atoms with van der Waals surface area (Å²) in [7, 11) is 0. The minimum atomic E-state index is -0.716. The number of carbonyl (C=O) groups is 1. The van der Waals surface area contributed by atoms with Crippen LogP contribution >= 0.6 is 0 Å². The molecule has 0 aromatic heterocycles. The lowest BCUT2D eigenvalue weighted by atomic mass is 9.94. The van der Waals surface area contributed by atoms with Crippen molar-refractivity contribution in [2.24, 2.45) is 5.92 Å². The molecule has 0 aromatic rings. The Morgan fingerprint density at radius 2 is 2.17 bits per heavy atom. The highest BCUT2D eigenvalue weighted by Crippen LogP contribution is 2.22. The number of rotatable bonds is 7. The maximum atomic E-state index is 11.2. The van der Waals surface area contributed by atoms with Gasteiger partial charge in [-0.05, 0) is 38.3 Å². The molecule has 106 valence electrons. The first-order valence-electron chi connectivity index (χ1n) is 7.24. The van der Waals surface area contributed by atoms with Gasteiger partial charge in [-0.1, -0.05) is 27.2 Å². The van der Waals surface area contributed by atoms with Crippen molar-refractivity contribution in [2.75, 3.05) is 19.6 Å². The number of likely N-dealkylation sites (N-methyl/N-ethyl adjacent to an activating group) is 1. The van der Waals surface area contributed by atoms with Crippen molar-refractivity contribution in [2.45, 2.75) is 58.5 Å². The predicted molar refractivity (Wildman–Crippen MR) is 73.8 cm³/mol. The fourth-order valence-corrected chi connectivity index (χ4v) is 2.83. The van der Waals surface area contributed by atoms with E-state index in [1.807, 2.05) is 6.92 Å². The van der Waals surface area contributed by atoms with Crippen LogP contribution in [0.1, 0.15) is 46.5 Å². The van der Waals surface area contributed by atoms with Gasteiger partial charge in [-0.25, -0.2) is 0 Å². The van der Waals surface area contributed by atoms with Crippen LogP contribution in [0.15, 0.2) is 0 Å². The number of hydrogen-bond acceptors (Lipinski definition) is 3. The molecule has 4 heteroatoms. The van der Waals surface area contributed by atoms with Crippen LogP contribution in [0.3, 0.4) is 0 Å². The third-order valence-electron chi connectivity index (χ3n) is 3.61. The van der Waals surface area contributed by atoms with E-state index in [9.17, 15) is 9.90 Å². The molecule has 1 fully saturated rings. The molecule has 0 amide bonds. The van der Waals surface area contributed by atoms with Gasteiger partial charge in [0.25, 0.3) is 0 Å². The van der Waals surface area contributed by atoms with Crippen molar-refractivity contribution in [1.29, 1.82) is 0 Å². The molecule has 2 N–H and O–H groups in total. The number of nitrogens with zero attached hydrogens (tertiary/aromatic N) is 1. The van der Waals surface area contributed by atoms with E-state index in [-0.39, 0.29) is 0 Å². The highest BCUT2D eigenvalue weighted by Gasteiger charge is 2.28. The zero-order valence-corrected chi connectivity index (χ0v) is 12.0. The first kappa shape index (κ1) is 15.4. The molecule has 18 heavy (non-hydrogen) atoms. The third kappa shape index (κ3) is 4.94. The van der Waals surface area contributed by atoms with Crippen LogP contribution in [0, 0.1) is 5.92 Å². The highest BCUT2D eigenvalue weighted by atomic mass is 16.4. The van der Waals surface area contributed by atoms with Crippen LogP contribution in [0.25, 0.3) is 0 Å². The Kier molecular flexibility index (Phi) is 6.65. The summed E-state index contributed by atoms with van der Waals surface area (Å²) in [5.74, 6) is -0.0695. The van der Waals surface area contributed by atoms with Crippen molar-refractivity contribution < 1.29 is 9.90 Å². The standard InChI is InChI=1S/C14H28N2O2/c1-4-15-13(14(17)18)9-12-7-5-6-8-16(12)10-11(2)3/h11-13,15H,4-10H2,1-3H3,(H,17,18). The summed E-state index contributed by atoms with van der Waals surface area (Å²) in [6.07, 6.45) is 4.36. The number of aliphatic carboxylic acids is 1. The largest absolute Gasteiger partial charge is 0.480 e. The first-order valence-corrected chi connectivity index (χ1v) is 7.24. The molecular formula is C14H28N2O2. The van der Waals surface area contributed by atoms with Gasteiger partial charge in [-0.2, -0.15) is 0 Å². The predicted octanol–water partition coefficient (Wildman–Crippen LogP) is 1.95. The molecule has 0 aliphatic carbocycles. The van der Waals surface area contributed by atoms with E-state index in [4.69, 9.17) is 0 Å². The number of nitrogens with one attached hydrogen (secondary N) is 1. The van der Waals surface area contributed by atoms with E-state index in [2.05, 4.69) is 24.1 Å². The Hall–Kier alpha value is -0.610. The molecule has 0 saturated carbocycles. The fourth-order valence-electron chi connectivity index (χ4n) is 2.83. The van der Waals surface area contributed by atoms with Crippen LogP contribution in [0.5, 0.6) is 0 Å². The normalized spacial score (nSPS) is 23.2. The smallest absolute Gasteiger partial charge is 0.320 e. The van der Waals surface area contributed by atoms with Crippen LogP contribution in [0.2, 0.25) is 0 Å². The Morgan fingerprint density at radius 3 is 2.72 bits per heavy atom. The molecular weight excluding hydrogens is 228 g/mol. The quantitative estimate of drug-likeness (QED) is 0.731. The summed E-state index contributed by atoms with van der Waals surface area (Å²) in [6.45, 7) is 9.34. The van der Waals surface area contributed by atoms with E-state index in [0.29, 0.717) is 18.5 Å². The van der Waals surface area contributed by atoms with Crippen molar-refractivity contribution in [3.63, 3.8) is 0 Å². The molecule has 1 saturated heterocycles. The van der Waals surface area contributed by atoms with Crippen molar-refractivity contribution in [1.82, 2.24) is 10.2 Å². The molecule has 2 atom stereocenters. The van der Waals surface area contributed by atoms with Gasteiger partial charge in [0.1, 0.15) is 6.04 Å². The molecule has 0 aromatic carbocycles. The number of carboxylic acid groups (broad SMARTS) is 1. The van der Waals surface area contributed by atoms with Gasteiger partial charge in [0.05, 0.1) is 0 Å². The number of hydrogen-bond donors (Lipinski definition) is 2. The van der Waals surface area contributed by atoms with E-state index in [1.54, 1.807) is 0 Å². The second-order valence-corrected chi connectivity index (χ2v) is 5.72. The van der Waals surface area contributed by atoms with Crippen LogP contribution in [-0.2, 0) is 4.79 Å². The Bertz CT molecular complexity index is 256. The summed E-state index contributed by atoms with van der Waals surface area (Å²) < 4.78 is 0. The second-order valence-electron chi connectivity index (χ2n) is 5.72. The summed E-state index contributed by atoms with van der Waals surface area (Å²) in [4.78, 5) is 13.7. The third-order valence-corrected chi connectivity index (χ3v) is 3.61. The van der Waals surface area contributed by atoms with Crippen molar-refractivity contribution >= 4 is 5.97 Å².